The van der Waals surface area contributed by atoms with Crippen LogP contribution in [-0.2, 0) is 0 Å². The van der Waals surface area contributed by atoms with E-state index >= 15 is 0 Å². The van der Waals surface area contributed by atoms with Gasteiger partial charge in [-0.1, -0.05) is 0 Å². The molecule has 2 aromatic rings. The van der Waals surface area contributed by atoms with Gasteiger partial charge in [0, 0.05) is 16.1 Å². The third-order valence-electron chi connectivity index (χ3n) is 2.99. The molecule has 2 rings (SSSR count). The van der Waals surface area contributed by atoms with E-state index in [1.54, 1.807) is 30.0 Å². The first-order chi connectivity index (χ1) is 9.63. The summed E-state index contributed by atoms with van der Waals surface area (Å²) in [4.78, 5) is 13.3. The van der Waals surface area contributed by atoms with Gasteiger partial charge >= 0.3 is 0 Å². The molecule has 4 N–H and O–H groups in total. The zero-order valence-electron chi connectivity index (χ0n) is 11.4. The van der Waals surface area contributed by atoms with Crippen molar-refractivity contribution in [3.05, 3.63) is 53.6 Å². The van der Waals surface area contributed by atoms with Crippen LogP contribution in [0.1, 0.15) is 15.9 Å². The number of hydrogen-bond acceptors (Lipinski definition) is 4. The van der Waals surface area contributed by atoms with Crippen molar-refractivity contribution in [2.75, 3.05) is 17.0 Å². The number of thioether (sulfide) groups is 1. The molecule has 104 valence electrons. The molecule has 0 saturated carbocycles. The van der Waals surface area contributed by atoms with E-state index in [1.807, 2.05) is 37.4 Å². The van der Waals surface area contributed by atoms with Crippen LogP contribution in [0.2, 0.25) is 0 Å². The normalized spacial score (nSPS) is 10.2. The lowest BCUT2D eigenvalue weighted by atomic mass is 10.1. The van der Waals surface area contributed by atoms with E-state index in [-0.39, 0.29) is 5.91 Å². The Bertz CT molecular complexity index is 611. The number of aryl methyl sites for hydroxylation is 1. The van der Waals surface area contributed by atoms with Gasteiger partial charge in [-0.2, -0.15) is 0 Å². The summed E-state index contributed by atoms with van der Waals surface area (Å²) < 4.78 is 0. The fourth-order valence-corrected chi connectivity index (χ4v) is 2.25. The summed E-state index contributed by atoms with van der Waals surface area (Å²) >= 11 is 1.67. The Morgan fingerprint density at radius 1 is 1.15 bits per heavy atom. The molecule has 0 aliphatic carbocycles. The van der Waals surface area contributed by atoms with Crippen molar-refractivity contribution in [3.63, 3.8) is 0 Å². The molecule has 0 aliphatic rings. The molecule has 2 aromatic carbocycles. The lowest BCUT2D eigenvalue weighted by molar-refractivity contribution is 0.102. The highest BCUT2D eigenvalue weighted by atomic mass is 32.2. The molecule has 4 nitrogen and oxygen atoms in total. The van der Waals surface area contributed by atoms with Gasteiger partial charge in [-0.05, 0) is 61.2 Å². The van der Waals surface area contributed by atoms with Crippen LogP contribution in [0.25, 0.3) is 0 Å². The highest BCUT2D eigenvalue weighted by molar-refractivity contribution is 7.98. The first kappa shape index (κ1) is 14.4. The summed E-state index contributed by atoms with van der Waals surface area (Å²) in [6, 6.07) is 13.1. The molecule has 0 atom stereocenters. The number of carbonyl (C=O) groups excluding carboxylic acids is 1. The zero-order chi connectivity index (χ0) is 14.5. The van der Waals surface area contributed by atoms with Gasteiger partial charge in [-0.3, -0.25) is 10.6 Å². The Labute approximate surface area is 122 Å². The van der Waals surface area contributed by atoms with E-state index in [2.05, 4.69) is 10.7 Å². The van der Waals surface area contributed by atoms with E-state index in [9.17, 15) is 4.79 Å². The predicted molar refractivity (Wildman–Crippen MR) is 85.2 cm³/mol. The summed E-state index contributed by atoms with van der Waals surface area (Å²) in [6.45, 7) is 1.90. The number of nitrogens with one attached hydrogen (secondary N) is 2. The average molecular weight is 287 g/mol. The summed E-state index contributed by atoms with van der Waals surface area (Å²) in [7, 11) is 0. The van der Waals surface area contributed by atoms with Crippen molar-refractivity contribution in [2.45, 2.75) is 11.8 Å². The largest absolute Gasteiger partial charge is 0.324 e. The molecule has 0 spiro atoms. The third-order valence-corrected chi connectivity index (χ3v) is 3.74. The van der Waals surface area contributed by atoms with Crippen LogP contribution < -0.4 is 16.6 Å². The van der Waals surface area contributed by atoms with E-state index in [0.29, 0.717) is 5.56 Å². The number of carbonyl (C=O) groups is 1. The van der Waals surface area contributed by atoms with Crippen LogP contribution in [0, 0.1) is 6.92 Å². The summed E-state index contributed by atoms with van der Waals surface area (Å²) in [5.74, 6) is 5.24. The molecule has 0 aromatic heterocycles. The Balaban J connectivity index is 2.12. The van der Waals surface area contributed by atoms with Gasteiger partial charge in [0.15, 0.2) is 0 Å². The lowest BCUT2D eigenvalue weighted by Crippen LogP contribution is -2.13. The van der Waals surface area contributed by atoms with Gasteiger partial charge in [0.1, 0.15) is 0 Å². The van der Waals surface area contributed by atoms with Crippen LogP contribution in [0.3, 0.4) is 0 Å². The minimum Gasteiger partial charge on any atom is -0.324 e. The van der Waals surface area contributed by atoms with E-state index in [1.165, 1.54) is 0 Å². The van der Waals surface area contributed by atoms with E-state index in [0.717, 1.165) is 21.8 Å². The topological polar surface area (TPSA) is 67.2 Å². The smallest absolute Gasteiger partial charge is 0.255 e. The second kappa shape index (κ2) is 6.45. The summed E-state index contributed by atoms with van der Waals surface area (Å²) in [5, 5.41) is 2.87. The molecule has 0 fully saturated rings. The highest BCUT2D eigenvalue weighted by Crippen LogP contribution is 2.19. The van der Waals surface area contributed by atoms with Crippen molar-refractivity contribution in [2.24, 2.45) is 5.84 Å². The fraction of sp³-hybridized carbons (Fsp3) is 0.133. The first-order valence-electron chi connectivity index (χ1n) is 6.16. The van der Waals surface area contributed by atoms with Crippen LogP contribution >= 0.6 is 11.8 Å². The number of nitrogens with two attached hydrogens (primary N) is 1. The Morgan fingerprint density at radius 2 is 1.85 bits per heavy atom. The van der Waals surface area contributed by atoms with Gasteiger partial charge in [0.05, 0.1) is 5.69 Å². The highest BCUT2D eigenvalue weighted by Gasteiger charge is 2.07. The number of hydrogen-bond donors (Lipinski definition) is 3. The Kier molecular flexibility index (Phi) is 4.65. The molecule has 0 bridgehead atoms. The molecule has 5 heteroatoms. The number of anilines is 2. The number of nitrogen functional groups attached to an aromatic ring is 1. The maximum atomic E-state index is 12.2. The van der Waals surface area contributed by atoms with Crippen molar-refractivity contribution < 1.29 is 4.79 Å². The maximum absolute atomic E-state index is 12.2. The fourth-order valence-electron chi connectivity index (χ4n) is 1.84. The average Bonchev–Trinajstić information content (AvgIpc) is 2.48. The number of hydrazine groups is 1. The van der Waals surface area contributed by atoms with E-state index in [4.69, 9.17) is 5.84 Å². The van der Waals surface area contributed by atoms with Gasteiger partial charge in [-0.15, -0.1) is 11.8 Å². The van der Waals surface area contributed by atoms with Crippen molar-refractivity contribution in [3.8, 4) is 0 Å². The van der Waals surface area contributed by atoms with Crippen LogP contribution in [-0.4, -0.2) is 12.2 Å². The van der Waals surface area contributed by atoms with Crippen LogP contribution in [0.15, 0.2) is 47.4 Å². The molecular formula is C15H17N3OS. The monoisotopic (exact) mass is 287 g/mol. The van der Waals surface area contributed by atoms with Crippen LogP contribution in [0.4, 0.5) is 11.4 Å². The standard InChI is InChI=1S/C15H17N3OS/c1-10-9-11(3-8-14(10)18-16)15(19)17-12-4-6-13(20-2)7-5-12/h3-9,18H,16H2,1-2H3,(H,17,19). The second-order valence-electron chi connectivity index (χ2n) is 4.36. The number of benzene rings is 2. The van der Waals surface area contributed by atoms with Crippen molar-refractivity contribution in [1.29, 1.82) is 0 Å². The Hall–Kier alpha value is -1.98. The molecule has 0 aliphatic heterocycles. The predicted octanol–water partition coefficient (Wildman–Crippen LogP) is 3.25. The van der Waals surface area contributed by atoms with Crippen LogP contribution in [0.5, 0.6) is 0 Å². The molecule has 0 heterocycles. The first-order valence-corrected chi connectivity index (χ1v) is 7.39. The van der Waals surface area contributed by atoms with E-state index < -0.39 is 0 Å². The maximum Gasteiger partial charge on any atom is 0.255 e. The zero-order valence-corrected chi connectivity index (χ0v) is 12.3. The second-order valence-corrected chi connectivity index (χ2v) is 5.24. The van der Waals surface area contributed by atoms with Gasteiger partial charge < -0.3 is 10.7 Å². The lowest BCUT2D eigenvalue weighted by Gasteiger charge is -2.09. The molecule has 0 saturated heterocycles. The quantitative estimate of drug-likeness (QED) is 0.459. The molecule has 0 radical (unpaired) electrons. The summed E-state index contributed by atoms with van der Waals surface area (Å²) in [5.41, 5.74) is 5.72. The van der Waals surface area contributed by atoms with Gasteiger partial charge in [0.2, 0.25) is 0 Å². The SMILES string of the molecule is CSc1ccc(NC(=O)c2ccc(NN)c(C)c2)cc1. The third kappa shape index (κ3) is 3.31. The Morgan fingerprint density at radius 3 is 2.40 bits per heavy atom. The number of rotatable bonds is 4. The van der Waals surface area contributed by atoms with Gasteiger partial charge in [-0.25, -0.2) is 0 Å². The van der Waals surface area contributed by atoms with Crippen molar-refractivity contribution in [1.82, 2.24) is 0 Å². The molecular weight excluding hydrogens is 270 g/mol. The summed E-state index contributed by atoms with van der Waals surface area (Å²) in [6.07, 6.45) is 2.02. The minimum absolute atomic E-state index is 0.131. The molecule has 20 heavy (non-hydrogen) atoms. The van der Waals surface area contributed by atoms with Crippen molar-refractivity contribution >= 4 is 29.0 Å². The molecule has 0 unspecified atom stereocenters. The van der Waals surface area contributed by atoms with Gasteiger partial charge in [0.25, 0.3) is 5.91 Å². The molecule has 1 amide bonds. The minimum atomic E-state index is -0.131. The number of amides is 1.